The van der Waals surface area contributed by atoms with Gasteiger partial charge < -0.3 is 10.6 Å². The van der Waals surface area contributed by atoms with Crippen molar-refractivity contribution in [3.8, 4) is 0 Å². The van der Waals surface area contributed by atoms with Gasteiger partial charge in [-0.15, -0.1) is 11.3 Å². The first-order valence-electron chi connectivity index (χ1n) is 11.5. The summed E-state index contributed by atoms with van der Waals surface area (Å²) in [6, 6.07) is 19.0. The number of H-pyrrole nitrogens is 1. The minimum Gasteiger partial charge on any atom is -0.314 e. The SMILES string of the molecule is CN(NC(=O)c1cc2c(NC(=O)c3ccc(CN4CCNCC4)cc3)[nH]nc2s1)c1ccccc1. The molecule has 35 heavy (non-hydrogen) atoms. The Labute approximate surface area is 207 Å². The standard InChI is InChI=1S/C25H27N7O2S/c1-31(19-5-3-2-4-6-19)30-24(34)21-15-20-22(28-29-25(20)35-21)27-23(33)18-9-7-17(8-10-18)16-32-13-11-26-12-14-32/h2-10,15,26H,11-14,16H2,1H3,(H,30,34)(H2,27,28,29,33). The molecule has 0 saturated carbocycles. The monoisotopic (exact) mass is 489 g/mol. The Hall–Kier alpha value is -3.73. The molecule has 4 N–H and O–H groups in total. The first kappa shape index (κ1) is 23.0. The molecule has 180 valence electrons. The smallest absolute Gasteiger partial charge is 0.279 e. The van der Waals surface area contributed by atoms with Crippen molar-refractivity contribution in [2.45, 2.75) is 6.54 Å². The molecule has 5 rings (SSSR count). The zero-order chi connectivity index (χ0) is 24.2. The Kier molecular flexibility index (Phi) is 6.75. The van der Waals surface area contributed by atoms with Crippen LogP contribution in [0.15, 0.2) is 60.7 Å². The summed E-state index contributed by atoms with van der Waals surface area (Å²) in [6.45, 7) is 4.95. The lowest BCUT2D eigenvalue weighted by Gasteiger charge is -2.27. The molecule has 2 aromatic heterocycles. The minimum atomic E-state index is -0.239. The van der Waals surface area contributed by atoms with Crippen LogP contribution in [0.5, 0.6) is 0 Å². The number of piperazine rings is 1. The van der Waals surface area contributed by atoms with Gasteiger partial charge in [-0.05, 0) is 35.9 Å². The van der Waals surface area contributed by atoms with Crippen LogP contribution in [0, 0.1) is 0 Å². The van der Waals surface area contributed by atoms with Gasteiger partial charge in [0.05, 0.1) is 16.0 Å². The maximum absolute atomic E-state index is 12.8. The van der Waals surface area contributed by atoms with Gasteiger partial charge in [0.15, 0.2) is 0 Å². The lowest BCUT2D eigenvalue weighted by atomic mass is 10.1. The maximum atomic E-state index is 12.8. The van der Waals surface area contributed by atoms with Gasteiger partial charge in [0, 0.05) is 45.3 Å². The molecule has 1 saturated heterocycles. The van der Waals surface area contributed by atoms with Gasteiger partial charge in [-0.1, -0.05) is 30.3 Å². The number of amides is 2. The Morgan fingerprint density at radius 1 is 1.06 bits per heavy atom. The van der Waals surface area contributed by atoms with Gasteiger partial charge >= 0.3 is 0 Å². The molecule has 0 bridgehead atoms. The molecule has 2 amide bonds. The number of nitrogens with one attached hydrogen (secondary N) is 4. The first-order valence-corrected chi connectivity index (χ1v) is 12.3. The molecule has 10 heteroatoms. The number of hydrazine groups is 1. The number of para-hydroxylation sites is 1. The van der Waals surface area contributed by atoms with E-state index in [1.165, 1.54) is 16.9 Å². The second kappa shape index (κ2) is 10.3. The second-order valence-corrected chi connectivity index (χ2v) is 9.47. The van der Waals surface area contributed by atoms with Crippen LogP contribution < -0.4 is 21.1 Å². The van der Waals surface area contributed by atoms with Crippen molar-refractivity contribution >= 4 is 44.9 Å². The summed E-state index contributed by atoms with van der Waals surface area (Å²) < 4.78 is 0. The number of aromatic amines is 1. The molecule has 0 atom stereocenters. The van der Waals surface area contributed by atoms with E-state index in [0.717, 1.165) is 38.4 Å². The average Bonchev–Trinajstić information content (AvgIpc) is 3.48. The molecule has 1 aliphatic rings. The van der Waals surface area contributed by atoms with E-state index in [1.807, 2.05) is 54.6 Å². The lowest BCUT2D eigenvalue weighted by molar-refractivity contribution is 0.0954. The number of benzene rings is 2. The Morgan fingerprint density at radius 2 is 1.80 bits per heavy atom. The number of fused-ring (bicyclic) bond motifs is 1. The lowest BCUT2D eigenvalue weighted by Crippen LogP contribution is -2.42. The molecule has 4 aromatic rings. The van der Waals surface area contributed by atoms with Crippen LogP contribution in [0.1, 0.15) is 25.6 Å². The molecule has 3 heterocycles. The maximum Gasteiger partial charge on any atom is 0.279 e. The van der Waals surface area contributed by atoms with Crippen LogP contribution in [-0.4, -0.2) is 60.1 Å². The third-order valence-electron chi connectivity index (χ3n) is 5.96. The van der Waals surface area contributed by atoms with E-state index in [-0.39, 0.29) is 11.8 Å². The summed E-state index contributed by atoms with van der Waals surface area (Å²) in [7, 11) is 1.78. The van der Waals surface area contributed by atoms with E-state index in [1.54, 1.807) is 18.1 Å². The quantitative estimate of drug-likeness (QED) is 0.298. The Bertz CT molecular complexity index is 1310. The second-order valence-electron chi connectivity index (χ2n) is 8.44. The van der Waals surface area contributed by atoms with Crippen molar-refractivity contribution < 1.29 is 9.59 Å². The van der Waals surface area contributed by atoms with E-state index in [2.05, 4.69) is 31.2 Å². The molecule has 1 fully saturated rings. The van der Waals surface area contributed by atoms with Crippen molar-refractivity contribution in [2.75, 3.05) is 43.6 Å². The summed E-state index contributed by atoms with van der Waals surface area (Å²) in [4.78, 5) is 29.1. The first-order chi connectivity index (χ1) is 17.1. The number of nitrogens with zero attached hydrogens (tertiary/aromatic N) is 3. The summed E-state index contributed by atoms with van der Waals surface area (Å²) in [6.07, 6.45) is 0. The van der Waals surface area contributed by atoms with Crippen molar-refractivity contribution in [1.82, 2.24) is 25.8 Å². The number of rotatable bonds is 7. The Morgan fingerprint density at radius 3 is 2.54 bits per heavy atom. The summed E-state index contributed by atoms with van der Waals surface area (Å²) in [5, 5.41) is 15.7. The molecule has 0 radical (unpaired) electrons. The average molecular weight is 490 g/mol. The largest absolute Gasteiger partial charge is 0.314 e. The van der Waals surface area contributed by atoms with E-state index in [4.69, 9.17) is 0 Å². The highest BCUT2D eigenvalue weighted by Gasteiger charge is 2.18. The normalized spacial score (nSPS) is 14.1. The zero-order valence-corrected chi connectivity index (χ0v) is 20.2. The van der Waals surface area contributed by atoms with Crippen molar-refractivity contribution in [1.29, 1.82) is 0 Å². The summed E-state index contributed by atoms with van der Waals surface area (Å²) >= 11 is 1.26. The van der Waals surface area contributed by atoms with E-state index >= 15 is 0 Å². The van der Waals surface area contributed by atoms with Crippen LogP contribution in [0.3, 0.4) is 0 Å². The number of carbonyl (C=O) groups is 2. The van der Waals surface area contributed by atoms with Gasteiger partial charge in [0.1, 0.15) is 10.6 Å². The molecule has 0 aliphatic carbocycles. The predicted molar refractivity (Wildman–Crippen MR) is 139 cm³/mol. The highest BCUT2D eigenvalue weighted by atomic mass is 32.1. The number of thiophene rings is 1. The van der Waals surface area contributed by atoms with Crippen molar-refractivity contribution in [3.05, 3.63) is 76.7 Å². The molecule has 0 unspecified atom stereocenters. The number of anilines is 2. The molecule has 9 nitrogen and oxygen atoms in total. The third-order valence-corrected chi connectivity index (χ3v) is 6.99. The Balaban J connectivity index is 1.23. The van der Waals surface area contributed by atoms with Gasteiger partial charge in [-0.3, -0.25) is 30.0 Å². The number of hydrogen-bond donors (Lipinski definition) is 4. The fraction of sp³-hybridized carbons (Fsp3) is 0.240. The van der Waals surface area contributed by atoms with E-state index in [0.29, 0.717) is 26.5 Å². The fourth-order valence-corrected chi connectivity index (χ4v) is 4.90. The van der Waals surface area contributed by atoms with Crippen LogP contribution in [0.2, 0.25) is 0 Å². The number of aromatic nitrogens is 2. The molecule has 1 aliphatic heterocycles. The third kappa shape index (κ3) is 5.35. The van der Waals surface area contributed by atoms with Crippen LogP contribution >= 0.6 is 11.3 Å². The van der Waals surface area contributed by atoms with E-state index < -0.39 is 0 Å². The van der Waals surface area contributed by atoms with Gasteiger partial charge in [0.2, 0.25) is 0 Å². The highest BCUT2D eigenvalue weighted by molar-refractivity contribution is 7.20. The summed E-state index contributed by atoms with van der Waals surface area (Å²) in [5.74, 6) is 0.00333. The minimum absolute atomic E-state index is 0.231. The van der Waals surface area contributed by atoms with Crippen LogP contribution in [-0.2, 0) is 6.54 Å². The molecular weight excluding hydrogens is 462 g/mol. The topological polar surface area (TPSA) is 105 Å². The van der Waals surface area contributed by atoms with Crippen LogP contribution in [0.4, 0.5) is 11.5 Å². The van der Waals surface area contributed by atoms with Gasteiger partial charge in [-0.25, -0.2) is 0 Å². The number of hydrogen-bond acceptors (Lipinski definition) is 7. The van der Waals surface area contributed by atoms with Crippen LogP contribution in [0.25, 0.3) is 10.2 Å². The molecular formula is C25H27N7O2S. The molecule has 2 aromatic carbocycles. The van der Waals surface area contributed by atoms with Gasteiger partial charge in [0.25, 0.3) is 11.8 Å². The van der Waals surface area contributed by atoms with Gasteiger partial charge in [-0.2, -0.15) is 5.10 Å². The number of carbonyl (C=O) groups excluding carboxylic acids is 2. The fourth-order valence-electron chi connectivity index (χ4n) is 4.02. The van der Waals surface area contributed by atoms with Crippen molar-refractivity contribution in [3.63, 3.8) is 0 Å². The molecule has 0 spiro atoms. The highest BCUT2D eigenvalue weighted by Crippen LogP contribution is 2.29. The summed E-state index contributed by atoms with van der Waals surface area (Å²) in [5.41, 5.74) is 5.47. The van der Waals surface area contributed by atoms with Crippen molar-refractivity contribution in [2.24, 2.45) is 0 Å². The van der Waals surface area contributed by atoms with E-state index in [9.17, 15) is 9.59 Å². The predicted octanol–water partition coefficient (Wildman–Crippen LogP) is 3.06. The zero-order valence-electron chi connectivity index (χ0n) is 19.4.